The average Bonchev–Trinajstić information content (AvgIpc) is 3.26. The topological polar surface area (TPSA) is 64.0 Å². The summed E-state index contributed by atoms with van der Waals surface area (Å²) in [6.07, 6.45) is 4.90. The van der Waals surface area contributed by atoms with Crippen LogP contribution in [-0.4, -0.2) is 30.5 Å². The van der Waals surface area contributed by atoms with Gasteiger partial charge in [0.25, 0.3) is 10.0 Å². The fourth-order valence-corrected chi connectivity index (χ4v) is 6.39. The first kappa shape index (κ1) is 22.3. The summed E-state index contributed by atoms with van der Waals surface area (Å²) in [4.78, 5) is 4.76. The first-order valence-electron chi connectivity index (χ1n) is 10.9. The Hall–Kier alpha value is -2.49. The molecule has 0 saturated carbocycles. The van der Waals surface area contributed by atoms with Crippen molar-refractivity contribution in [2.45, 2.75) is 22.7 Å². The van der Waals surface area contributed by atoms with Gasteiger partial charge in [-0.05, 0) is 66.4 Å². The number of benzene rings is 2. The molecule has 168 valence electrons. The third-order valence-corrected chi connectivity index (χ3v) is 8.61. The zero-order valence-electron chi connectivity index (χ0n) is 18.3. The quantitative estimate of drug-likeness (QED) is 0.253. The van der Waals surface area contributed by atoms with E-state index in [0.29, 0.717) is 11.3 Å². The van der Waals surface area contributed by atoms with Crippen molar-refractivity contribution in [3.63, 3.8) is 0 Å². The van der Waals surface area contributed by atoms with Crippen LogP contribution in [0.5, 0.6) is 0 Å². The molecule has 0 unspecified atom stereocenters. The minimum atomic E-state index is -3.84. The van der Waals surface area contributed by atoms with Gasteiger partial charge < -0.3 is 5.32 Å². The van der Waals surface area contributed by atoms with Crippen molar-refractivity contribution in [3.8, 4) is 11.3 Å². The fourth-order valence-electron chi connectivity index (χ4n) is 4.25. The van der Waals surface area contributed by atoms with Gasteiger partial charge in [-0.3, -0.25) is 0 Å². The van der Waals surface area contributed by atoms with Gasteiger partial charge in [-0.1, -0.05) is 70.6 Å². The molecule has 5 nitrogen and oxygen atoms in total. The molecule has 1 aliphatic heterocycles. The number of hydrogen-bond donors (Lipinski definition) is 1. The SMILES string of the molecule is Cc1ccc(S(=O)(=O)n2c(-c3ccc(C4=CCNCC4)cc3)cc3c(CI)ccnc32)cc1. The van der Waals surface area contributed by atoms with Crippen LogP contribution in [0, 0.1) is 6.92 Å². The van der Waals surface area contributed by atoms with Gasteiger partial charge in [0, 0.05) is 22.6 Å². The molecule has 0 amide bonds. The van der Waals surface area contributed by atoms with E-state index in [-0.39, 0.29) is 4.90 Å². The Morgan fingerprint density at radius 3 is 2.42 bits per heavy atom. The summed E-state index contributed by atoms with van der Waals surface area (Å²) in [7, 11) is -3.84. The van der Waals surface area contributed by atoms with Gasteiger partial charge in [0.2, 0.25) is 0 Å². The minimum Gasteiger partial charge on any atom is -0.313 e. The van der Waals surface area contributed by atoms with E-state index in [2.05, 4.69) is 51.1 Å². The van der Waals surface area contributed by atoms with E-state index in [0.717, 1.165) is 46.0 Å². The van der Waals surface area contributed by atoms with Crippen LogP contribution in [-0.2, 0) is 14.5 Å². The molecule has 1 N–H and O–H groups in total. The monoisotopic (exact) mass is 569 g/mol. The van der Waals surface area contributed by atoms with Gasteiger partial charge in [0.05, 0.1) is 10.6 Å². The number of pyridine rings is 1. The third-order valence-electron chi connectivity index (χ3n) is 6.07. The Kier molecular flexibility index (Phi) is 6.11. The molecule has 3 heterocycles. The second kappa shape index (κ2) is 9.04. The van der Waals surface area contributed by atoms with Gasteiger partial charge in [0.15, 0.2) is 5.65 Å². The molecule has 1 aliphatic rings. The first-order chi connectivity index (χ1) is 16.0. The van der Waals surface area contributed by atoms with Crippen molar-refractivity contribution < 1.29 is 8.42 Å². The van der Waals surface area contributed by atoms with E-state index in [1.54, 1.807) is 18.3 Å². The highest BCUT2D eigenvalue weighted by molar-refractivity contribution is 14.1. The molecule has 0 saturated heterocycles. The van der Waals surface area contributed by atoms with Crippen molar-refractivity contribution in [2.75, 3.05) is 13.1 Å². The molecule has 0 aliphatic carbocycles. The summed E-state index contributed by atoms with van der Waals surface area (Å²) in [5.41, 5.74) is 6.51. The van der Waals surface area contributed by atoms with Crippen molar-refractivity contribution in [1.29, 1.82) is 0 Å². The van der Waals surface area contributed by atoms with E-state index in [1.165, 1.54) is 15.1 Å². The smallest absolute Gasteiger partial charge is 0.269 e. The first-order valence-corrected chi connectivity index (χ1v) is 13.8. The van der Waals surface area contributed by atoms with Crippen molar-refractivity contribution in [1.82, 2.24) is 14.3 Å². The van der Waals surface area contributed by atoms with Crippen LogP contribution in [0.3, 0.4) is 0 Å². The van der Waals surface area contributed by atoms with Gasteiger partial charge >= 0.3 is 0 Å². The Morgan fingerprint density at radius 2 is 1.76 bits per heavy atom. The zero-order valence-corrected chi connectivity index (χ0v) is 21.2. The summed E-state index contributed by atoms with van der Waals surface area (Å²) in [6, 6.07) is 19.1. The number of nitrogens with zero attached hydrogens (tertiary/aromatic N) is 2. The molecule has 4 aromatic rings. The predicted molar refractivity (Wildman–Crippen MR) is 142 cm³/mol. The van der Waals surface area contributed by atoms with E-state index < -0.39 is 10.0 Å². The van der Waals surface area contributed by atoms with Crippen LogP contribution in [0.1, 0.15) is 23.1 Å². The van der Waals surface area contributed by atoms with Gasteiger partial charge in [0.1, 0.15) is 0 Å². The second-order valence-corrected chi connectivity index (χ2v) is 10.8. The summed E-state index contributed by atoms with van der Waals surface area (Å²) in [5.74, 6) is 0. The van der Waals surface area contributed by atoms with Crippen molar-refractivity contribution in [3.05, 3.63) is 89.6 Å². The lowest BCUT2D eigenvalue weighted by molar-refractivity contribution is 0.589. The Morgan fingerprint density at radius 1 is 1.03 bits per heavy atom. The number of aryl methyl sites for hydroxylation is 1. The van der Waals surface area contributed by atoms with E-state index >= 15 is 0 Å². The molecule has 0 bridgehead atoms. The van der Waals surface area contributed by atoms with Crippen LogP contribution in [0.15, 0.2) is 77.8 Å². The molecule has 2 aromatic heterocycles. The molecule has 5 rings (SSSR count). The number of fused-ring (bicyclic) bond motifs is 1. The molecule has 0 atom stereocenters. The van der Waals surface area contributed by atoms with Crippen LogP contribution < -0.4 is 5.32 Å². The predicted octanol–water partition coefficient (Wildman–Crippen LogP) is 5.56. The largest absolute Gasteiger partial charge is 0.313 e. The third kappa shape index (κ3) is 4.13. The highest BCUT2D eigenvalue weighted by Gasteiger charge is 2.25. The highest BCUT2D eigenvalue weighted by atomic mass is 127. The summed E-state index contributed by atoms with van der Waals surface area (Å²) < 4.78 is 29.8. The molecule has 33 heavy (non-hydrogen) atoms. The van der Waals surface area contributed by atoms with Crippen molar-refractivity contribution >= 4 is 49.2 Å². The Labute approximate surface area is 207 Å². The van der Waals surface area contributed by atoms with Gasteiger partial charge in [-0.15, -0.1) is 0 Å². The normalized spacial score (nSPS) is 14.4. The highest BCUT2D eigenvalue weighted by Crippen LogP contribution is 2.34. The van der Waals surface area contributed by atoms with Gasteiger partial charge in [-0.25, -0.2) is 17.4 Å². The fraction of sp³-hybridized carbons (Fsp3) is 0.192. The molecule has 0 radical (unpaired) electrons. The number of rotatable bonds is 5. The summed E-state index contributed by atoms with van der Waals surface area (Å²) >= 11 is 2.30. The lowest BCUT2D eigenvalue weighted by atomic mass is 9.98. The Balaban J connectivity index is 1.70. The number of halogens is 1. The summed E-state index contributed by atoms with van der Waals surface area (Å²) in [6.45, 7) is 3.80. The maximum Gasteiger partial charge on any atom is 0.269 e. The average molecular weight is 569 g/mol. The number of nitrogens with one attached hydrogen (secondary N) is 1. The maximum atomic E-state index is 13.8. The van der Waals surface area contributed by atoms with E-state index in [9.17, 15) is 8.42 Å². The Bertz CT molecular complexity index is 1450. The van der Waals surface area contributed by atoms with Gasteiger partial charge in [-0.2, -0.15) is 0 Å². The molecule has 0 fully saturated rings. The zero-order chi connectivity index (χ0) is 23.0. The lowest BCUT2D eigenvalue weighted by Crippen LogP contribution is -2.19. The molecule has 0 spiro atoms. The number of alkyl halides is 1. The van der Waals surface area contributed by atoms with E-state index in [1.807, 2.05) is 43.3 Å². The maximum absolute atomic E-state index is 13.8. The van der Waals surface area contributed by atoms with E-state index in [4.69, 9.17) is 0 Å². The minimum absolute atomic E-state index is 0.255. The summed E-state index contributed by atoms with van der Waals surface area (Å²) in [5, 5.41) is 4.20. The van der Waals surface area contributed by atoms with Crippen molar-refractivity contribution in [2.24, 2.45) is 0 Å². The molecule has 7 heteroatoms. The molecular formula is C26H24IN3O2S. The standard InChI is InChI=1S/C26H24IN3O2S/c1-18-2-8-23(9-3-18)33(31,32)30-25(16-24-22(17-27)12-15-29-26(24)30)21-6-4-19(5-7-21)20-10-13-28-14-11-20/h2-10,12,15-16,28H,11,13-14,17H2,1H3. The van der Waals surface area contributed by atoms with Crippen LogP contribution in [0.4, 0.5) is 0 Å². The van der Waals surface area contributed by atoms with Crippen LogP contribution in [0.2, 0.25) is 0 Å². The lowest BCUT2D eigenvalue weighted by Gasteiger charge is -2.15. The molecule has 2 aromatic carbocycles. The second-order valence-electron chi connectivity index (χ2n) is 8.21. The van der Waals surface area contributed by atoms with Crippen LogP contribution in [0.25, 0.3) is 27.9 Å². The number of hydrogen-bond acceptors (Lipinski definition) is 4. The molecular weight excluding hydrogens is 545 g/mol. The number of aromatic nitrogens is 2. The van der Waals surface area contributed by atoms with Crippen LogP contribution >= 0.6 is 22.6 Å².